The number of carbonyl (C=O) groups is 2. The van der Waals surface area contributed by atoms with E-state index >= 15 is 0 Å². The number of carbonyl (C=O) groups excluding carboxylic acids is 2. The molecule has 1 aliphatic carbocycles. The third-order valence-electron chi connectivity index (χ3n) is 4.35. The van der Waals surface area contributed by atoms with Gasteiger partial charge in [-0.05, 0) is 37.5 Å². The molecular formula is C19H24N4O2S. The summed E-state index contributed by atoms with van der Waals surface area (Å²) in [5.41, 5.74) is 0.709. The van der Waals surface area contributed by atoms with Crippen LogP contribution in [0.4, 0.5) is 5.69 Å². The lowest BCUT2D eigenvalue weighted by atomic mass is 10.3. The first kappa shape index (κ1) is 18.5. The van der Waals surface area contributed by atoms with Crippen molar-refractivity contribution >= 4 is 29.3 Å². The Labute approximate surface area is 157 Å². The van der Waals surface area contributed by atoms with E-state index in [0.717, 1.165) is 11.3 Å². The largest absolute Gasteiger partial charge is 0.348 e. The topological polar surface area (TPSA) is 76.0 Å². The van der Waals surface area contributed by atoms with Gasteiger partial charge in [0.25, 0.3) is 0 Å². The predicted molar refractivity (Wildman–Crippen MR) is 103 cm³/mol. The third kappa shape index (κ3) is 5.36. The number of hydrogen-bond acceptors (Lipinski definition) is 4. The molecule has 7 heteroatoms. The fourth-order valence-corrected chi connectivity index (χ4v) is 4.32. The molecule has 1 fully saturated rings. The normalized spacial score (nSPS) is 14.3. The molecule has 1 aliphatic rings. The summed E-state index contributed by atoms with van der Waals surface area (Å²) in [7, 11) is 0. The van der Waals surface area contributed by atoms with E-state index in [-0.39, 0.29) is 0 Å². The van der Waals surface area contributed by atoms with Gasteiger partial charge >= 0.3 is 11.8 Å². The second kappa shape index (κ2) is 9.43. The van der Waals surface area contributed by atoms with Gasteiger partial charge in [-0.25, -0.2) is 0 Å². The summed E-state index contributed by atoms with van der Waals surface area (Å²) in [4.78, 5) is 25.2. The monoisotopic (exact) mass is 372 g/mol. The summed E-state index contributed by atoms with van der Waals surface area (Å²) in [6, 6.07) is 9.53. The number of amides is 2. The molecule has 2 amide bonds. The van der Waals surface area contributed by atoms with Gasteiger partial charge in [-0.15, -0.1) is 11.8 Å². The van der Waals surface area contributed by atoms with Gasteiger partial charge in [0, 0.05) is 35.6 Å². The molecule has 0 bridgehead atoms. The van der Waals surface area contributed by atoms with Crippen LogP contribution in [-0.2, 0) is 16.1 Å². The van der Waals surface area contributed by atoms with E-state index in [1.54, 1.807) is 22.6 Å². The minimum Gasteiger partial charge on any atom is -0.348 e. The standard InChI is InChI=1S/C19H24N4O2S/c24-18(20-11-5-13-23-14-6-12-21-23)19(25)22-16-9-3-4-10-17(16)26-15-7-1-2-8-15/h3-4,6,9-10,12,14-15H,1-2,5,7-8,11,13H2,(H,20,24)(H,22,25). The summed E-state index contributed by atoms with van der Waals surface area (Å²) < 4.78 is 1.79. The lowest BCUT2D eigenvalue weighted by Gasteiger charge is -2.14. The summed E-state index contributed by atoms with van der Waals surface area (Å²) >= 11 is 1.80. The van der Waals surface area contributed by atoms with Crippen molar-refractivity contribution in [1.29, 1.82) is 0 Å². The molecule has 0 unspecified atom stereocenters. The van der Waals surface area contributed by atoms with Crippen LogP contribution in [0.2, 0.25) is 0 Å². The smallest absolute Gasteiger partial charge is 0.313 e. The highest BCUT2D eigenvalue weighted by molar-refractivity contribution is 8.00. The molecule has 26 heavy (non-hydrogen) atoms. The van der Waals surface area contributed by atoms with Crippen molar-refractivity contribution in [2.75, 3.05) is 11.9 Å². The number of anilines is 1. The Morgan fingerprint density at radius 2 is 1.96 bits per heavy atom. The van der Waals surface area contributed by atoms with E-state index in [1.165, 1.54) is 25.7 Å². The van der Waals surface area contributed by atoms with Crippen LogP contribution in [0.15, 0.2) is 47.6 Å². The second-order valence-electron chi connectivity index (χ2n) is 6.35. The lowest BCUT2D eigenvalue weighted by Crippen LogP contribution is -2.36. The van der Waals surface area contributed by atoms with Gasteiger partial charge in [0.1, 0.15) is 0 Å². The van der Waals surface area contributed by atoms with Crippen LogP contribution in [-0.4, -0.2) is 33.4 Å². The molecule has 6 nitrogen and oxygen atoms in total. The number of nitrogens with one attached hydrogen (secondary N) is 2. The van der Waals surface area contributed by atoms with Crippen LogP contribution in [0.5, 0.6) is 0 Å². The Bertz CT molecular complexity index is 727. The van der Waals surface area contributed by atoms with Gasteiger partial charge in [-0.2, -0.15) is 5.10 Å². The maximum atomic E-state index is 12.2. The molecule has 1 heterocycles. The number of para-hydroxylation sites is 1. The van der Waals surface area contributed by atoms with Gasteiger partial charge < -0.3 is 10.6 Å². The molecular weight excluding hydrogens is 348 g/mol. The Balaban J connectivity index is 1.46. The van der Waals surface area contributed by atoms with E-state index in [2.05, 4.69) is 15.7 Å². The number of aromatic nitrogens is 2. The van der Waals surface area contributed by atoms with Crippen molar-refractivity contribution in [2.24, 2.45) is 0 Å². The molecule has 0 saturated heterocycles. The molecule has 0 aliphatic heterocycles. The first-order chi connectivity index (χ1) is 12.7. The maximum Gasteiger partial charge on any atom is 0.313 e. The van der Waals surface area contributed by atoms with Crippen molar-refractivity contribution in [3.8, 4) is 0 Å². The van der Waals surface area contributed by atoms with E-state index in [0.29, 0.717) is 24.0 Å². The molecule has 0 atom stereocenters. The average Bonchev–Trinajstić information content (AvgIpc) is 3.34. The van der Waals surface area contributed by atoms with E-state index in [4.69, 9.17) is 0 Å². The minimum atomic E-state index is -0.622. The average molecular weight is 372 g/mol. The number of hydrogen-bond donors (Lipinski definition) is 2. The second-order valence-corrected chi connectivity index (χ2v) is 7.70. The molecule has 2 aromatic rings. The molecule has 3 rings (SSSR count). The van der Waals surface area contributed by atoms with Crippen LogP contribution in [0.25, 0.3) is 0 Å². The number of thioether (sulfide) groups is 1. The van der Waals surface area contributed by atoms with Gasteiger partial charge in [0.2, 0.25) is 0 Å². The molecule has 1 aromatic carbocycles. The fraction of sp³-hybridized carbons (Fsp3) is 0.421. The summed E-state index contributed by atoms with van der Waals surface area (Å²) in [5, 5.41) is 10.1. The third-order valence-corrected chi connectivity index (χ3v) is 5.76. The lowest BCUT2D eigenvalue weighted by molar-refractivity contribution is -0.136. The van der Waals surface area contributed by atoms with Crippen molar-refractivity contribution < 1.29 is 9.59 Å². The quantitative estimate of drug-likeness (QED) is 0.578. The number of benzene rings is 1. The number of rotatable bonds is 7. The van der Waals surface area contributed by atoms with Crippen molar-refractivity contribution in [3.05, 3.63) is 42.7 Å². The predicted octanol–water partition coefficient (Wildman–Crippen LogP) is 3.06. The Hall–Kier alpha value is -2.28. The highest BCUT2D eigenvalue weighted by Gasteiger charge is 2.19. The molecule has 1 saturated carbocycles. The highest BCUT2D eigenvalue weighted by Crippen LogP contribution is 2.37. The van der Waals surface area contributed by atoms with E-state index < -0.39 is 11.8 Å². The van der Waals surface area contributed by atoms with E-state index in [9.17, 15) is 9.59 Å². The zero-order valence-electron chi connectivity index (χ0n) is 14.7. The molecule has 138 valence electrons. The highest BCUT2D eigenvalue weighted by atomic mass is 32.2. The zero-order valence-corrected chi connectivity index (χ0v) is 15.5. The Morgan fingerprint density at radius 3 is 2.73 bits per heavy atom. The SMILES string of the molecule is O=C(NCCCn1cccn1)C(=O)Nc1ccccc1SC1CCCC1. The first-order valence-corrected chi connectivity index (χ1v) is 9.92. The van der Waals surface area contributed by atoms with Crippen LogP contribution in [0, 0.1) is 0 Å². The van der Waals surface area contributed by atoms with Crippen LogP contribution < -0.4 is 10.6 Å². The van der Waals surface area contributed by atoms with Crippen LogP contribution in [0.1, 0.15) is 32.1 Å². The van der Waals surface area contributed by atoms with Crippen LogP contribution in [0.3, 0.4) is 0 Å². The molecule has 2 N–H and O–H groups in total. The van der Waals surface area contributed by atoms with Gasteiger partial charge in [-0.1, -0.05) is 25.0 Å². The molecule has 1 aromatic heterocycles. The maximum absolute atomic E-state index is 12.2. The van der Waals surface area contributed by atoms with Crippen molar-refractivity contribution in [2.45, 2.75) is 48.8 Å². The van der Waals surface area contributed by atoms with Crippen molar-refractivity contribution in [1.82, 2.24) is 15.1 Å². The Morgan fingerprint density at radius 1 is 1.15 bits per heavy atom. The van der Waals surface area contributed by atoms with Gasteiger partial charge in [0.15, 0.2) is 0 Å². The van der Waals surface area contributed by atoms with Crippen molar-refractivity contribution in [3.63, 3.8) is 0 Å². The zero-order chi connectivity index (χ0) is 18.2. The Kier molecular flexibility index (Phi) is 6.71. The summed E-state index contributed by atoms with van der Waals surface area (Å²) in [6.07, 6.45) is 9.27. The van der Waals surface area contributed by atoms with Crippen LogP contribution >= 0.6 is 11.8 Å². The molecule has 0 radical (unpaired) electrons. The van der Waals surface area contributed by atoms with Gasteiger partial charge in [0.05, 0.1) is 5.69 Å². The summed E-state index contributed by atoms with van der Waals surface area (Å²) in [6.45, 7) is 1.14. The van der Waals surface area contributed by atoms with E-state index in [1.807, 2.05) is 36.5 Å². The fourth-order valence-electron chi connectivity index (χ4n) is 2.99. The van der Waals surface area contributed by atoms with Gasteiger partial charge in [-0.3, -0.25) is 14.3 Å². The molecule has 0 spiro atoms. The first-order valence-electron chi connectivity index (χ1n) is 9.04. The number of nitrogens with zero attached hydrogens (tertiary/aromatic N) is 2. The number of aryl methyl sites for hydroxylation is 1. The summed E-state index contributed by atoms with van der Waals surface area (Å²) in [5.74, 6) is -1.23. The minimum absolute atomic E-state index is 0.435.